The Bertz CT molecular complexity index is 711. The van der Waals surface area contributed by atoms with Gasteiger partial charge in [0.25, 0.3) is 0 Å². The summed E-state index contributed by atoms with van der Waals surface area (Å²) in [5.41, 5.74) is 0.298. The van der Waals surface area contributed by atoms with Crippen LogP contribution in [0.1, 0.15) is 46.0 Å². The van der Waals surface area contributed by atoms with Gasteiger partial charge in [0, 0.05) is 18.3 Å². The lowest BCUT2D eigenvalue weighted by molar-refractivity contribution is -0.144. The SMILES string of the molecule is CCOC(=O)C[C@@H](C)NC(=O)C(=O)Nc1cnn(CC(=O)NC2CCCC2)c1. The van der Waals surface area contributed by atoms with Crippen molar-refractivity contribution in [2.75, 3.05) is 11.9 Å². The molecule has 0 radical (unpaired) electrons. The number of hydrogen-bond donors (Lipinski definition) is 3. The standard InChI is InChI=1S/C18H27N5O5/c1-3-28-16(25)8-12(2)20-17(26)18(27)22-14-9-19-23(10-14)11-15(24)21-13-6-4-5-7-13/h9-10,12-13H,3-8,11H2,1-2H3,(H,20,26)(H,21,24)(H,22,27)/t12-/m1/s1. The summed E-state index contributed by atoms with van der Waals surface area (Å²) in [7, 11) is 0. The third-order valence-electron chi connectivity index (χ3n) is 4.28. The van der Waals surface area contributed by atoms with Crippen LogP contribution in [0, 0.1) is 0 Å². The predicted molar refractivity (Wildman–Crippen MR) is 100 cm³/mol. The van der Waals surface area contributed by atoms with Crippen LogP contribution >= 0.6 is 0 Å². The van der Waals surface area contributed by atoms with E-state index in [2.05, 4.69) is 21.0 Å². The molecule has 3 N–H and O–H groups in total. The van der Waals surface area contributed by atoms with Gasteiger partial charge in [0.15, 0.2) is 0 Å². The molecular weight excluding hydrogens is 366 g/mol. The number of rotatable bonds is 8. The zero-order valence-corrected chi connectivity index (χ0v) is 16.2. The highest BCUT2D eigenvalue weighted by Gasteiger charge is 2.20. The van der Waals surface area contributed by atoms with Crippen LogP contribution in [0.5, 0.6) is 0 Å². The van der Waals surface area contributed by atoms with Gasteiger partial charge in [-0.2, -0.15) is 5.10 Å². The molecule has 2 rings (SSSR count). The molecule has 1 aliphatic carbocycles. The van der Waals surface area contributed by atoms with Gasteiger partial charge in [-0.1, -0.05) is 12.8 Å². The third-order valence-corrected chi connectivity index (χ3v) is 4.28. The smallest absolute Gasteiger partial charge is 0.313 e. The first kappa shape index (κ1) is 21.4. The Kier molecular flexibility index (Phi) is 7.97. The summed E-state index contributed by atoms with van der Waals surface area (Å²) in [6.45, 7) is 3.58. The van der Waals surface area contributed by atoms with Crippen molar-refractivity contribution in [2.45, 2.75) is 64.6 Å². The molecule has 1 heterocycles. The van der Waals surface area contributed by atoms with Crippen LogP contribution in [0.3, 0.4) is 0 Å². The summed E-state index contributed by atoms with van der Waals surface area (Å²) in [5.74, 6) is -2.35. The number of carbonyl (C=O) groups is 4. The highest BCUT2D eigenvalue weighted by atomic mass is 16.5. The van der Waals surface area contributed by atoms with Crippen LogP contribution in [0.25, 0.3) is 0 Å². The molecular formula is C18H27N5O5. The molecule has 10 nitrogen and oxygen atoms in total. The van der Waals surface area contributed by atoms with Crippen LogP contribution in [-0.2, 0) is 30.5 Å². The average Bonchev–Trinajstić information content (AvgIpc) is 3.26. The number of anilines is 1. The van der Waals surface area contributed by atoms with Gasteiger partial charge >= 0.3 is 17.8 Å². The van der Waals surface area contributed by atoms with Crippen molar-refractivity contribution in [3.63, 3.8) is 0 Å². The maximum atomic E-state index is 12.0. The molecule has 0 bridgehead atoms. The normalized spacial score (nSPS) is 14.9. The topological polar surface area (TPSA) is 131 Å². The zero-order valence-electron chi connectivity index (χ0n) is 16.2. The van der Waals surface area contributed by atoms with Crippen LogP contribution in [-0.4, -0.2) is 52.2 Å². The van der Waals surface area contributed by atoms with Crippen molar-refractivity contribution >= 4 is 29.4 Å². The first-order chi connectivity index (χ1) is 13.4. The quantitative estimate of drug-likeness (QED) is 0.431. The fourth-order valence-corrected chi connectivity index (χ4v) is 3.00. The molecule has 1 saturated carbocycles. The summed E-state index contributed by atoms with van der Waals surface area (Å²) < 4.78 is 6.18. The predicted octanol–water partition coefficient (Wildman–Crippen LogP) is 0.338. The summed E-state index contributed by atoms with van der Waals surface area (Å²) >= 11 is 0. The van der Waals surface area contributed by atoms with Gasteiger partial charge in [0.05, 0.1) is 24.9 Å². The highest BCUT2D eigenvalue weighted by molar-refractivity contribution is 6.39. The maximum absolute atomic E-state index is 12.0. The van der Waals surface area contributed by atoms with Gasteiger partial charge < -0.3 is 20.7 Å². The minimum Gasteiger partial charge on any atom is -0.466 e. The molecule has 1 aliphatic rings. The van der Waals surface area contributed by atoms with Crippen molar-refractivity contribution < 1.29 is 23.9 Å². The summed E-state index contributed by atoms with van der Waals surface area (Å²) in [6.07, 6.45) is 7.05. The van der Waals surface area contributed by atoms with E-state index < -0.39 is 23.8 Å². The summed E-state index contributed by atoms with van der Waals surface area (Å²) in [4.78, 5) is 47.3. The Morgan fingerprint density at radius 2 is 1.96 bits per heavy atom. The first-order valence-electron chi connectivity index (χ1n) is 9.46. The fraction of sp³-hybridized carbons (Fsp3) is 0.611. The molecule has 0 aliphatic heterocycles. The van der Waals surface area contributed by atoms with E-state index in [0.29, 0.717) is 5.69 Å². The molecule has 1 atom stereocenters. The van der Waals surface area contributed by atoms with Gasteiger partial charge in [-0.3, -0.25) is 23.9 Å². The minimum atomic E-state index is -0.884. The van der Waals surface area contributed by atoms with Gasteiger partial charge in [-0.25, -0.2) is 0 Å². The Morgan fingerprint density at radius 3 is 2.64 bits per heavy atom. The van der Waals surface area contributed by atoms with E-state index in [1.54, 1.807) is 13.8 Å². The number of hydrogen-bond acceptors (Lipinski definition) is 6. The van der Waals surface area contributed by atoms with E-state index in [0.717, 1.165) is 25.7 Å². The number of nitrogens with one attached hydrogen (secondary N) is 3. The maximum Gasteiger partial charge on any atom is 0.313 e. The number of nitrogens with zero attached hydrogens (tertiary/aromatic N) is 2. The monoisotopic (exact) mass is 393 g/mol. The Labute approximate surface area is 163 Å². The minimum absolute atomic E-state index is 0.0269. The van der Waals surface area contributed by atoms with Crippen molar-refractivity contribution in [3.8, 4) is 0 Å². The number of ether oxygens (including phenoxy) is 1. The van der Waals surface area contributed by atoms with Crippen LogP contribution in [0.15, 0.2) is 12.4 Å². The number of esters is 1. The molecule has 0 aromatic carbocycles. The van der Waals surface area contributed by atoms with E-state index in [4.69, 9.17) is 4.74 Å². The molecule has 10 heteroatoms. The fourth-order valence-electron chi connectivity index (χ4n) is 3.00. The Morgan fingerprint density at radius 1 is 1.25 bits per heavy atom. The molecule has 1 fully saturated rings. The third kappa shape index (κ3) is 7.01. The van der Waals surface area contributed by atoms with Gasteiger partial charge in [0.2, 0.25) is 5.91 Å². The largest absolute Gasteiger partial charge is 0.466 e. The molecule has 0 spiro atoms. The lowest BCUT2D eigenvalue weighted by Gasteiger charge is -2.12. The van der Waals surface area contributed by atoms with E-state index in [9.17, 15) is 19.2 Å². The van der Waals surface area contributed by atoms with Gasteiger partial charge in [-0.15, -0.1) is 0 Å². The van der Waals surface area contributed by atoms with E-state index >= 15 is 0 Å². The van der Waals surface area contributed by atoms with E-state index in [1.165, 1.54) is 17.1 Å². The zero-order chi connectivity index (χ0) is 20.5. The Hall–Kier alpha value is -2.91. The summed E-state index contributed by atoms with van der Waals surface area (Å²) in [5, 5.41) is 11.8. The second kappa shape index (κ2) is 10.4. The number of amides is 3. The molecule has 154 valence electrons. The molecule has 0 unspecified atom stereocenters. The second-order valence-electron chi connectivity index (χ2n) is 6.81. The average molecular weight is 393 g/mol. The molecule has 3 amide bonds. The van der Waals surface area contributed by atoms with Crippen molar-refractivity contribution in [2.24, 2.45) is 0 Å². The van der Waals surface area contributed by atoms with Crippen LogP contribution < -0.4 is 16.0 Å². The molecule has 0 saturated heterocycles. The highest BCUT2D eigenvalue weighted by Crippen LogP contribution is 2.17. The first-order valence-corrected chi connectivity index (χ1v) is 9.46. The van der Waals surface area contributed by atoms with Crippen LogP contribution in [0.4, 0.5) is 5.69 Å². The van der Waals surface area contributed by atoms with E-state index in [-0.39, 0.29) is 31.5 Å². The molecule has 1 aromatic heterocycles. The number of aromatic nitrogens is 2. The van der Waals surface area contributed by atoms with Gasteiger partial charge in [-0.05, 0) is 26.7 Å². The van der Waals surface area contributed by atoms with E-state index in [1.807, 2.05) is 0 Å². The van der Waals surface area contributed by atoms with Crippen molar-refractivity contribution in [3.05, 3.63) is 12.4 Å². The van der Waals surface area contributed by atoms with Crippen molar-refractivity contribution in [1.29, 1.82) is 0 Å². The molecule has 1 aromatic rings. The van der Waals surface area contributed by atoms with Crippen molar-refractivity contribution in [1.82, 2.24) is 20.4 Å². The summed E-state index contributed by atoms with van der Waals surface area (Å²) in [6, 6.07) is -0.318. The second-order valence-corrected chi connectivity index (χ2v) is 6.81. The lowest BCUT2D eigenvalue weighted by atomic mass is 10.2. The van der Waals surface area contributed by atoms with Gasteiger partial charge in [0.1, 0.15) is 6.54 Å². The molecule has 28 heavy (non-hydrogen) atoms. The van der Waals surface area contributed by atoms with Crippen LogP contribution in [0.2, 0.25) is 0 Å². The lowest BCUT2D eigenvalue weighted by Crippen LogP contribution is -2.41. The number of carbonyl (C=O) groups excluding carboxylic acids is 4. The Balaban J connectivity index is 1.76.